The molecule has 35 heavy (non-hydrogen) atoms. The second-order valence-electron chi connectivity index (χ2n) is 8.84. The molecule has 5 rings (SSSR count). The van der Waals surface area contributed by atoms with Crippen molar-refractivity contribution in [1.29, 1.82) is 0 Å². The van der Waals surface area contributed by atoms with E-state index in [0.717, 1.165) is 43.1 Å². The molecular formula is C24H28N6O5. The molecule has 184 valence electrons. The molecule has 1 saturated heterocycles. The number of hydrogen-bond acceptors (Lipinski definition) is 11. The van der Waals surface area contributed by atoms with Gasteiger partial charge in [0.25, 0.3) is 5.88 Å². The third-order valence-corrected chi connectivity index (χ3v) is 5.99. The van der Waals surface area contributed by atoms with Crippen LogP contribution in [-0.2, 0) is 0 Å². The fourth-order valence-corrected chi connectivity index (χ4v) is 3.83. The summed E-state index contributed by atoms with van der Waals surface area (Å²) in [5.74, 6) is 3.20. The number of nitrogens with zero attached hydrogens (tertiary/aromatic N) is 6. The van der Waals surface area contributed by atoms with Crippen molar-refractivity contribution < 1.29 is 23.6 Å². The predicted molar refractivity (Wildman–Crippen MR) is 126 cm³/mol. The molecule has 3 aromatic rings. The van der Waals surface area contributed by atoms with Gasteiger partial charge in [-0.05, 0) is 32.0 Å². The molecule has 0 aliphatic carbocycles. The van der Waals surface area contributed by atoms with E-state index in [-0.39, 0.29) is 18.8 Å². The van der Waals surface area contributed by atoms with Gasteiger partial charge in [-0.15, -0.1) is 0 Å². The summed E-state index contributed by atoms with van der Waals surface area (Å²) in [4.78, 5) is 20.8. The normalized spacial score (nSPS) is 16.1. The first-order valence-corrected chi connectivity index (χ1v) is 11.7. The molecule has 2 aliphatic rings. The second kappa shape index (κ2) is 9.77. The molecule has 11 nitrogen and oxygen atoms in total. The molecule has 4 heterocycles. The van der Waals surface area contributed by atoms with Crippen LogP contribution in [0.3, 0.4) is 0 Å². The van der Waals surface area contributed by atoms with Crippen LogP contribution in [0, 0.1) is 6.92 Å². The third kappa shape index (κ3) is 4.98. The van der Waals surface area contributed by atoms with Crippen LogP contribution >= 0.6 is 0 Å². The Morgan fingerprint density at radius 1 is 1.11 bits per heavy atom. The molecule has 11 heteroatoms. The minimum absolute atomic E-state index is 0.0130. The molecule has 1 aromatic carbocycles. The van der Waals surface area contributed by atoms with Crippen LogP contribution in [0.25, 0.3) is 0 Å². The van der Waals surface area contributed by atoms with Crippen molar-refractivity contribution in [1.82, 2.24) is 20.1 Å². The van der Waals surface area contributed by atoms with Crippen LogP contribution in [0.1, 0.15) is 56.5 Å². The highest BCUT2D eigenvalue weighted by Crippen LogP contribution is 2.33. The van der Waals surface area contributed by atoms with Gasteiger partial charge < -0.3 is 28.5 Å². The molecule has 0 unspecified atom stereocenters. The topological polar surface area (TPSA) is 117 Å². The van der Waals surface area contributed by atoms with Crippen molar-refractivity contribution in [2.45, 2.75) is 52.6 Å². The number of ether oxygens (including phenoxy) is 3. The van der Waals surface area contributed by atoms with E-state index < -0.39 is 0 Å². The number of fused-ring (bicyclic) bond motifs is 1. The maximum atomic E-state index is 6.19. The number of hydrogen-bond donors (Lipinski definition) is 0. The van der Waals surface area contributed by atoms with Crippen molar-refractivity contribution >= 4 is 11.7 Å². The zero-order valence-corrected chi connectivity index (χ0v) is 20.2. The van der Waals surface area contributed by atoms with Gasteiger partial charge in [0.05, 0.1) is 11.3 Å². The van der Waals surface area contributed by atoms with Crippen molar-refractivity contribution in [2.75, 3.05) is 24.8 Å². The van der Waals surface area contributed by atoms with Gasteiger partial charge in [0.2, 0.25) is 12.7 Å². The summed E-state index contributed by atoms with van der Waals surface area (Å²) in [6, 6.07) is 6.19. The van der Waals surface area contributed by atoms with Crippen LogP contribution in [0.4, 0.5) is 6.01 Å². The first-order chi connectivity index (χ1) is 17.0. The SMILES string of the molecule is CC(=NOc1ncnc(OC2CCN(c3nc(C(C)C)no3)CC2)c1C)c1ccc2c(c1)OCO2. The average Bonchev–Trinajstić information content (AvgIpc) is 3.54. The highest BCUT2D eigenvalue weighted by Gasteiger charge is 2.26. The van der Waals surface area contributed by atoms with E-state index >= 15 is 0 Å². The van der Waals surface area contributed by atoms with E-state index in [0.29, 0.717) is 34.8 Å². The lowest BCUT2D eigenvalue weighted by Gasteiger charge is -2.30. The Balaban J connectivity index is 1.20. The van der Waals surface area contributed by atoms with Gasteiger partial charge in [0.1, 0.15) is 12.4 Å². The number of aromatic nitrogens is 4. The first kappa shape index (κ1) is 22.9. The summed E-state index contributed by atoms with van der Waals surface area (Å²) in [6.45, 7) is 9.54. The number of rotatable bonds is 7. The molecule has 0 N–H and O–H groups in total. The fraction of sp³-hybridized carbons (Fsp3) is 0.458. The largest absolute Gasteiger partial charge is 0.474 e. The van der Waals surface area contributed by atoms with Gasteiger partial charge >= 0.3 is 6.01 Å². The molecule has 0 spiro atoms. The third-order valence-electron chi connectivity index (χ3n) is 5.99. The maximum Gasteiger partial charge on any atom is 0.324 e. The zero-order chi connectivity index (χ0) is 24.4. The Kier molecular flexibility index (Phi) is 6.39. The van der Waals surface area contributed by atoms with Crippen molar-refractivity contribution in [2.24, 2.45) is 5.16 Å². The Morgan fingerprint density at radius 3 is 2.66 bits per heavy atom. The smallest absolute Gasteiger partial charge is 0.324 e. The second-order valence-corrected chi connectivity index (χ2v) is 8.84. The number of oxime groups is 1. The van der Waals surface area contributed by atoms with Crippen LogP contribution in [0.2, 0.25) is 0 Å². The van der Waals surface area contributed by atoms with E-state index in [9.17, 15) is 0 Å². The molecule has 0 bridgehead atoms. The molecule has 1 fully saturated rings. The first-order valence-electron chi connectivity index (χ1n) is 11.7. The van der Waals surface area contributed by atoms with Crippen LogP contribution in [-0.4, -0.2) is 51.8 Å². The Morgan fingerprint density at radius 2 is 1.89 bits per heavy atom. The number of piperidine rings is 1. The van der Waals surface area contributed by atoms with E-state index in [1.165, 1.54) is 6.33 Å². The van der Waals surface area contributed by atoms with Gasteiger partial charge in [0, 0.05) is 37.4 Å². The average molecular weight is 481 g/mol. The standard InChI is InChI=1S/C24H28N6O5/c1-14(2)21-27-24(35-29-21)30-9-7-18(8-10-30)33-22-15(3)23(26-12-25-22)34-28-16(4)17-5-6-19-20(11-17)32-13-31-19/h5-6,11-12,14,18H,7-10,13H2,1-4H3. The van der Waals surface area contributed by atoms with Gasteiger partial charge in [0.15, 0.2) is 17.3 Å². The van der Waals surface area contributed by atoms with Crippen LogP contribution < -0.4 is 23.9 Å². The van der Waals surface area contributed by atoms with Crippen molar-refractivity contribution in [3.63, 3.8) is 0 Å². The van der Waals surface area contributed by atoms with Crippen LogP contribution in [0.5, 0.6) is 23.3 Å². The number of benzene rings is 1. The van der Waals surface area contributed by atoms with Gasteiger partial charge in [-0.25, -0.2) is 4.98 Å². The molecule has 2 aliphatic heterocycles. The maximum absolute atomic E-state index is 6.19. The van der Waals surface area contributed by atoms with E-state index in [1.807, 2.05) is 45.9 Å². The van der Waals surface area contributed by atoms with Gasteiger partial charge in [-0.3, -0.25) is 0 Å². The summed E-state index contributed by atoms with van der Waals surface area (Å²) in [6.07, 6.45) is 3.05. The highest BCUT2D eigenvalue weighted by atomic mass is 16.7. The predicted octanol–water partition coefficient (Wildman–Crippen LogP) is 3.87. The lowest BCUT2D eigenvalue weighted by atomic mass is 10.1. The molecule has 0 saturated carbocycles. The summed E-state index contributed by atoms with van der Waals surface area (Å²) >= 11 is 0. The molecule has 0 amide bonds. The quantitative estimate of drug-likeness (QED) is 0.364. The highest BCUT2D eigenvalue weighted by molar-refractivity contribution is 5.99. The molecule has 0 radical (unpaired) electrons. The summed E-state index contributed by atoms with van der Waals surface area (Å²) in [5.41, 5.74) is 2.24. The summed E-state index contributed by atoms with van der Waals surface area (Å²) in [5, 5.41) is 8.29. The monoisotopic (exact) mass is 480 g/mol. The zero-order valence-electron chi connectivity index (χ0n) is 20.2. The lowest BCUT2D eigenvalue weighted by Crippen LogP contribution is -2.38. The minimum atomic E-state index is 0.0130. The lowest BCUT2D eigenvalue weighted by molar-refractivity contribution is 0.159. The molecular weight excluding hydrogens is 452 g/mol. The van der Waals surface area contributed by atoms with E-state index in [4.69, 9.17) is 23.6 Å². The van der Waals surface area contributed by atoms with Gasteiger partial charge in [-0.2, -0.15) is 9.97 Å². The fourth-order valence-electron chi connectivity index (χ4n) is 3.83. The van der Waals surface area contributed by atoms with E-state index in [1.54, 1.807) is 0 Å². The van der Waals surface area contributed by atoms with Crippen LogP contribution in [0.15, 0.2) is 34.2 Å². The Labute approximate surface area is 203 Å². The van der Waals surface area contributed by atoms with Crippen molar-refractivity contribution in [3.8, 4) is 23.3 Å². The van der Waals surface area contributed by atoms with E-state index in [2.05, 4.69) is 30.2 Å². The Bertz CT molecular complexity index is 1220. The van der Waals surface area contributed by atoms with Crippen molar-refractivity contribution in [3.05, 3.63) is 41.5 Å². The minimum Gasteiger partial charge on any atom is -0.474 e. The molecule has 0 atom stereocenters. The number of anilines is 1. The molecule has 2 aromatic heterocycles. The van der Waals surface area contributed by atoms with Gasteiger partial charge in [-0.1, -0.05) is 24.2 Å². The Hall–Kier alpha value is -3.89. The summed E-state index contributed by atoms with van der Waals surface area (Å²) in [7, 11) is 0. The summed E-state index contributed by atoms with van der Waals surface area (Å²) < 4.78 is 22.4.